The molecule has 1 spiro atoms. The van der Waals surface area contributed by atoms with E-state index in [4.69, 9.17) is 4.74 Å². The Balaban J connectivity index is 1.80. The van der Waals surface area contributed by atoms with Gasteiger partial charge in [-0.15, -0.1) is 0 Å². The maximum Gasteiger partial charge on any atom is 0.0949 e. The quantitative estimate of drug-likeness (QED) is 0.500. The van der Waals surface area contributed by atoms with Gasteiger partial charge in [-0.1, -0.05) is 0 Å². The number of hydrogen-bond acceptors (Lipinski definition) is 1. The second kappa shape index (κ2) is 1.75. The SMILES string of the molecule is C1[C@@H]2C[C@@H]3C[C@H]1C[C@@H]3C1(CO1)C2. The Morgan fingerprint density at radius 1 is 1.00 bits per heavy atom. The zero-order valence-corrected chi connectivity index (χ0v) is 7.46. The summed E-state index contributed by atoms with van der Waals surface area (Å²) in [5.41, 5.74) is 0.443. The Kier molecular flexibility index (Phi) is 0.934. The van der Waals surface area contributed by atoms with Crippen LogP contribution in [0.4, 0.5) is 0 Å². The molecule has 4 rings (SSSR count). The van der Waals surface area contributed by atoms with Crippen molar-refractivity contribution in [1.29, 1.82) is 0 Å². The van der Waals surface area contributed by atoms with Gasteiger partial charge in [0.05, 0.1) is 12.2 Å². The molecule has 0 N–H and O–H groups in total. The van der Waals surface area contributed by atoms with Crippen LogP contribution in [0.25, 0.3) is 0 Å². The summed E-state index contributed by atoms with van der Waals surface area (Å²) in [5, 5.41) is 0. The van der Waals surface area contributed by atoms with E-state index in [0.29, 0.717) is 5.60 Å². The average molecular weight is 164 g/mol. The molecule has 66 valence electrons. The predicted octanol–water partition coefficient (Wildman–Crippen LogP) is 2.21. The van der Waals surface area contributed by atoms with Crippen molar-refractivity contribution in [3.63, 3.8) is 0 Å². The minimum absolute atomic E-state index is 0.443. The molecule has 1 saturated heterocycles. The van der Waals surface area contributed by atoms with Crippen molar-refractivity contribution in [2.75, 3.05) is 6.61 Å². The highest BCUT2D eigenvalue weighted by Crippen LogP contribution is 2.63. The van der Waals surface area contributed by atoms with Gasteiger partial charge in [0.25, 0.3) is 0 Å². The van der Waals surface area contributed by atoms with Gasteiger partial charge in [0, 0.05) is 0 Å². The van der Waals surface area contributed by atoms with Crippen molar-refractivity contribution in [3.8, 4) is 0 Å². The van der Waals surface area contributed by atoms with Gasteiger partial charge in [0.15, 0.2) is 0 Å². The van der Waals surface area contributed by atoms with Crippen LogP contribution in [0.15, 0.2) is 0 Å². The minimum atomic E-state index is 0.443. The molecular formula is C11H16O. The van der Waals surface area contributed by atoms with Crippen LogP contribution in [0.5, 0.6) is 0 Å². The summed E-state index contributed by atoms with van der Waals surface area (Å²) in [7, 11) is 0. The van der Waals surface area contributed by atoms with E-state index in [9.17, 15) is 0 Å². The largest absolute Gasteiger partial charge is 0.369 e. The highest BCUT2D eigenvalue weighted by atomic mass is 16.6. The number of ether oxygens (including phenoxy) is 1. The molecule has 4 aliphatic rings. The van der Waals surface area contributed by atoms with Gasteiger partial charge in [-0.2, -0.15) is 0 Å². The number of epoxide rings is 1. The fourth-order valence-electron chi connectivity index (χ4n) is 4.56. The molecule has 1 unspecified atom stereocenters. The number of hydrogen-bond donors (Lipinski definition) is 0. The van der Waals surface area contributed by atoms with E-state index >= 15 is 0 Å². The van der Waals surface area contributed by atoms with Crippen LogP contribution in [0.3, 0.4) is 0 Å². The van der Waals surface area contributed by atoms with Gasteiger partial charge in [0.2, 0.25) is 0 Å². The lowest BCUT2D eigenvalue weighted by atomic mass is 9.67. The fourth-order valence-corrected chi connectivity index (χ4v) is 4.56. The first-order chi connectivity index (χ1) is 5.86. The van der Waals surface area contributed by atoms with E-state index in [-0.39, 0.29) is 0 Å². The molecule has 1 heteroatoms. The molecule has 4 fully saturated rings. The van der Waals surface area contributed by atoms with Crippen molar-refractivity contribution >= 4 is 0 Å². The molecule has 3 bridgehead atoms. The minimum Gasteiger partial charge on any atom is -0.369 e. The molecule has 12 heavy (non-hydrogen) atoms. The summed E-state index contributed by atoms with van der Waals surface area (Å²) >= 11 is 0. The van der Waals surface area contributed by atoms with E-state index in [1.165, 1.54) is 19.3 Å². The normalized spacial score (nSPS) is 66.0. The summed E-state index contributed by atoms with van der Waals surface area (Å²) < 4.78 is 5.75. The molecule has 1 nitrogen and oxygen atoms in total. The Morgan fingerprint density at radius 3 is 2.67 bits per heavy atom. The summed E-state index contributed by atoms with van der Waals surface area (Å²) in [6, 6.07) is 0. The number of rotatable bonds is 0. The van der Waals surface area contributed by atoms with Gasteiger partial charge < -0.3 is 4.74 Å². The molecule has 5 atom stereocenters. The third-order valence-electron chi connectivity index (χ3n) is 4.92. The van der Waals surface area contributed by atoms with Crippen molar-refractivity contribution in [2.45, 2.75) is 37.7 Å². The fraction of sp³-hybridized carbons (Fsp3) is 1.00. The topological polar surface area (TPSA) is 12.5 Å². The van der Waals surface area contributed by atoms with Gasteiger partial charge in [-0.3, -0.25) is 0 Å². The first-order valence-electron chi connectivity index (χ1n) is 5.50. The molecule has 1 heterocycles. The molecule has 0 aromatic heterocycles. The Bertz CT molecular complexity index is 229. The summed E-state index contributed by atoms with van der Waals surface area (Å²) in [6.45, 7) is 1.11. The second-order valence-electron chi connectivity index (χ2n) is 5.60. The first-order valence-corrected chi connectivity index (χ1v) is 5.50. The van der Waals surface area contributed by atoms with Crippen LogP contribution in [-0.4, -0.2) is 12.2 Å². The van der Waals surface area contributed by atoms with Gasteiger partial charge >= 0.3 is 0 Å². The highest BCUT2D eigenvalue weighted by molar-refractivity contribution is 5.11. The average Bonchev–Trinajstić information content (AvgIpc) is 2.74. The van der Waals surface area contributed by atoms with E-state index in [1.807, 2.05) is 0 Å². The van der Waals surface area contributed by atoms with Crippen molar-refractivity contribution in [2.24, 2.45) is 23.7 Å². The van der Waals surface area contributed by atoms with E-state index in [1.54, 1.807) is 12.8 Å². The molecule has 0 amide bonds. The van der Waals surface area contributed by atoms with E-state index in [2.05, 4.69) is 0 Å². The van der Waals surface area contributed by atoms with Crippen LogP contribution in [-0.2, 0) is 4.74 Å². The Hall–Kier alpha value is -0.0400. The van der Waals surface area contributed by atoms with E-state index < -0.39 is 0 Å². The summed E-state index contributed by atoms with van der Waals surface area (Å²) in [4.78, 5) is 0. The van der Waals surface area contributed by atoms with Crippen LogP contribution in [0, 0.1) is 23.7 Å². The molecular weight excluding hydrogens is 148 g/mol. The standard InChI is InChI=1S/C11H16O/c1-7-2-9-3-8(1)5-11(6-12-11)10(9)4-7/h7-10H,1-6H2/t7-,8+,9-,10-,11?/m0/s1. The summed E-state index contributed by atoms with van der Waals surface area (Å²) in [6.07, 6.45) is 7.57. The summed E-state index contributed by atoms with van der Waals surface area (Å²) in [5.74, 6) is 4.21. The highest BCUT2D eigenvalue weighted by Gasteiger charge is 2.62. The molecule has 0 aromatic rings. The first kappa shape index (κ1) is 6.42. The van der Waals surface area contributed by atoms with Crippen LogP contribution in [0.2, 0.25) is 0 Å². The Labute approximate surface area is 73.5 Å². The predicted molar refractivity (Wildman–Crippen MR) is 45.7 cm³/mol. The zero-order chi connectivity index (χ0) is 7.76. The zero-order valence-electron chi connectivity index (χ0n) is 7.46. The van der Waals surface area contributed by atoms with Crippen LogP contribution in [0.1, 0.15) is 32.1 Å². The third kappa shape index (κ3) is 0.618. The maximum atomic E-state index is 5.75. The molecule has 3 saturated carbocycles. The van der Waals surface area contributed by atoms with Crippen molar-refractivity contribution in [3.05, 3.63) is 0 Å². The lowest BCUT2D eigenvalue weighted by Crippen LogP contribution is -2.36. The van der Waals surface area contributed by atoms with Crippen LogP contribution < -0.4 is 0 Å². The van der Waals surface area contributed by atoms with Gasteiger partial charge in [0.1, 0.15) is 0 Å². The Morgan fingerprint density at radius 2 is 1.83 bits per heavy atom. The molecule has 1 aliphatic heterocycles. The molecule has 0 aromatic carbocycles. The van der Waals surface area contributed by atoms with Gasteiger partial charge in [-0.05, 0) is 55.8 Å². The van der Waals surface area contributed by atoms with Crippen LogP contribution >= 0.6 is 0 Å². The van der Waals surface area contributed by atoms with Crippen molar-refractivity contribution in [1.82, 2.24) is 0 Å². The lowest BCUT2D eigenvalue weighted by Gasteiger charge is -2.37. The van der Waals surface area contributed by atoms with Crippen molar-refractivity contribution < 1.29 is 4.74 Å². The van der Waals surface area contributed by atoms with E-state index in [0.717, 1.165) is 30.3 Å². The lowest BCUT2D eigenvalue weighted by molar-refractivity contribution is 0.0801. The maximum absolute atomic E-state index is 5.75. The smallest absolute Gasteiger partial charge is 0.0949 e. The monoisotopic (exact) mass is 164 g/mol. The number of fused-ring (bicyclic) bond motifs is 3. The third-order valence-corrected chi connectivity index (χ3v) is 4.92. The molecule has 3 aliphatic carbocycles. The van der Waals surface area contributed by atoms with Gasteiger partial charge in [-0.25, -0.2) is 0 Å². The second-order valence-corrected chi connectivity index (χ2v) is 5.60. The molecule has 0 radical (unpaired) electrons.